The Morgan fingerprint density at radius 2 is 1.69 bits per heavy atom. The van der Waals surface area contributed by atoms with Crippen LogP contribution in [-0.4, -0.2) is 24.6 Å². The molecule has 36 heavy (non-hydrogen) atoms. The molecule has 2 amide bonds. The number of amides is 2. The number of anilines is 1. The van der Waals surface area contributed by atoms with Gasteiger partial charge in [0.15, 0.2) is 11.5 Å². The van der Waals surface area contributed by atoms with Crippen LogP contribution in [0.15, 0.2) is 71.8 Å². The lowest BCUT2D eigenvalue weighted by molar-refractivity contribution is -0.137. The third-order valence-electron chi connectivity index (χ3n) is 4.80. The van der Waals surface area contributed by atoms with E-state index in [4.69, 9.17) is 9.47 Å². The zero-order valence-electron chi connectivity index (χ0n) is 19.6. The quantitative estimate of drug-likeness (QED) is 0.257. The lowest BCUT2D eigenvalue weighted by Gasteiger charge is -2.13. The van der Waals surface area contributed by atoms with E-state index in [1.165, 1.54) is 6.21 Å². The second-order valence-corrected chi connectivity index (χ2v) is 7.65. The van der Waals surface area contributed by atoms with Crippen molar-refractivity contribution in [3.63, 3.8) is 0 Å². The summed E-state index contributed by atoms with van der Waals surface area (Å²) in [5.41, 5.74) is 3.96. The summed E-state index contributed by atoms with van der Waals surface area (Å²) in [5.74, 6) is -1.15. The van der Waals surface area contributed by atoms with Gasteiger partial charge in [0.1, 0.15) is 6.61 Å². The first-order valence-electron chi connectivity index (χ1n) is 10.9. The number of nitrogens with one attached hydrogen (secondary N) is 2. The minimum Gasteiger partial charge on any atom is -0.490 e. The highest BCUT2D eigenvalue weighted by atomic mass is 19.4. The van der Waals surface area contributed by atoms with Gasteiger partial charge < -0.3 is 14.8 Å². The van der Waals surface area contributed by atoms with Crippen LogP contribution in [-0.2, 0) is 22.4 Å². The maximum atomic E-state index is 12.6. The van der Waals surface area contributed by atoms with Crippen molar-refractivity contribution in [2.45, 2.75) is 26.6 Å². The number of hydrazone groups is 1. The molecular weight excluding hydrogens is 475 g/mol. The van der Waals surface area contributed by atoms with Crippen molar-refractivity contribution in [1.29, 1.82) is 0 Å². The summed E-state index contributed by atoms with van der Waals surface area (Å²) in [7, 11) is 0. The van der Waals surface area contributed by atoms with Gasteiger partial charge in [-0.05, 0) is 67.4 Å². The van der Waals surface area contributed by atoms with Crippen LogP contribution >= 0.6 is 0 Å². The molecular formula is C26H24F3N3O4. The van der Waals surface area contributed by atoms with Crippen LogP contribution in [0.2, 0.25) is 0 Å². The summed E-state index contributed by atoms with van der Waals surface area (Å²) in [5, 5.41) is 5.96. The fraction of sp³-hybridized carbons (Fsp3) is 0.192. The second-order valence-electron chi connectivity index (χ2n) is 7.65. The Bertz CT molecular complexity index is 1240. The minimum atomic E-state index is -4.50. The van der Waals surface area contributed by atoms with Crippen LogP contribution in [0.4, 0.5) is 18.9 Å². The summed E-state index contributed by atoms with van der Waals surface area (Å²) in [6, 6.07) is 16.7. The van der Waals surface area contributed by atoms with Crippen molar-refractivity contribution in [2.75, 3.05) is 11.9 Å². The third kappa shape index (κ3) is 7.59. The fourth-order valence-electron chi connectivity index (χ4n) is 3.10. The van der Waals surface area contributed by atoms with E-state index in [1.807, 2.05) is 38.1 Å². The fourth-order valence-corrected chi connectivity index (χ4v) is 3.10. The summed E-state index contributed by atoms with van der Waals surface area (Å²) in [6.45, 7) is 4.60. The molecule has 0 unspecified atom stereocenters. The highest BCUT2D eigenvalue weighted by Gasteiger charge is 2.30. The predicted molar refractivity (Wildman–Crippen MR) is 129 cm³/mol. The number of carbonyl (C=O) groups is 2. The van der Waals surface area contributed by atoms with E-state index in [9.17, 15) is 22.8 Å². The van der Waals surface area contributed by atoms with Crippen molar-refractivity contribution in [3.8, 4) is 11.5 Å². The van der Waals surface area contributed by atoms with Crippen molar-refractivity contribution < 1.29 is 32.2 Å². The molecule has 0 aliphatic rings. The Hall–Kier alpha value is -4.34. The summed E-state index contributed by atoms with van der Waals surface area (Å²) < 4.78 is 49.4. The van der Waals surface area contributed by atoms with E-state index in [1.54, 1.807) is 18.2 Å². The first kappa shape index (κ1) is 26.3. The zero-order valence-corrected chi connectivity index (χ0v) is 19.6. The summed E-state index contributed by atoms with van der Waals surface area (Å²) >= 11 is 0. The number of rotatable bonds is 8. The Labute approximate surface area is 205 Å². The molecule has 0 fully saturated rings. The molecule has 0 aliphatic heterocycles. The largest absolute Gasteiger partial charge is 0.490 e. The van der Waals surface area contributed by atoms with Crippen LogP contribution in [0.1, 0.15) is 29.2 Å². The molecule has 0 aromatic heterocycles. The van der Waals surface area contributed by atoms with Crippen molar-refractivity contribution in [1.82, 2.24) is 5.43 Å². The van der Waals surface area contributed by atoms with Gasteiger partial charge in [0, 0.05) is 5.69 Å². The third-order valence-corrected chi connectivity index (χ3v) is 4.80. The number of hydrogen-bond donors (Lipinski definition) is 2. The molecule has 0 radical (unpaired) electrons. The van der Waals surface area contributed by atoms with Gasteiger partial charge in [0.05, 0.1) is 18.4 Å². The number of carbonyl (C=O) groups excluding carboxylic acids is 2. The predicted octanol–water partition coefficient (Wildman–Crippen LogP) is 5.08. The minimum absolute atomic E-state index is 0.0368. The van der Waals surface area contributed by atoms with Gasteiger partial charge in [-0.15, -0.1) is 0 Å². The van der Waals surface area contributed by atoms with Gasteiger partial charge in [-0.1, -0.05) is 29.8 Å². The Kier molecular flexibility index (Phi) is 8.66. The molecule has 7 nitrogen and oxygen atoms in total. The Balaban J connectivity index is 1.57. The first-order chi connectivity index (χ1) is 17.2. The van der Waals surface area contributed by atoms with Crippen LogP contribution in [0.25, 0.3) is 0 Å². The lowest BCUT2D eigenvalue weighted by atomic mass is 10.1. The molecule has 0 atom stereocenters. The van der Waals surface area contributed by atoms with Gasteiger partial charge in [0.2, 0.25) is 0 Å². The number of alkyl halides is 3. The van der Waals surface area contributed by atoms with Gasteiger partial charge in [0.25, 0.3) is 0 Å². The number of halogens is 3. The van der Waals surface area contributed by atoms with Gasteiger partial charge in [-0.3, -0.25) is 9.59 Å². The number of aryl methyl sites for hydroxylation is 1. The number of nitrogens with zero attached hydrogens (tertiary/aromatic N) is 1. The average Bonchev–Trinajstić information content (AvgIpc) is 2.83. The Morgan fingerprint density at radius 3 is 2.36 bits per heavy atom. The van der Waals surface area contributed by atoms with Crippen molar-refractivity contribution in [3.05, 3.63) is 89.0 Å². The highest BCUT2D eigenvalue weighted by Crippen LogP contribution is 2.30. The topological polar surface area (TPSA) is 89.0 Å². The number of hydrogen-bond acceptors (Lipinski definition) is 5. The first-order valence-corrected chi connectivity index (χ1v) is 10.9. The zero-order chi connectivity index (χ0) is 26.1. The van der Waals surface area contributed by atoms with E-state index in [0.29, 0.717) is 30.3 Å². The standard InChI is InChI=1S/C26H24F3N3O4/c1-3-35-23-14-18(7-12-22(23)36-16-19-6-4-5-17(2)13-19)15-30-32-25(34)24(33)31-21-10-8-20(9-11-21)26(27,28)29/h4-15H,3,16H2,1-2H3,(H,31,33)(H,32,34). The molecule has 188 valence electrons. The van der Waals surface area contributed by atoms with E-state index >= 15 is 0 Å². The van der Waals surface area contributed by atoms with Crippen LogP contribution in [0.5, 0.6) is 11.5 Å². The van der Waals surface area contributed by atoms with Crippen molar-refractivity contribution in [2.24, 2.45) is 5.10 Å². The second kappa shape index (κ2) is 11.9. The molecule has 0 saturated heterocycles. The molecule has 0 saturated carbocycles. The molecule has 0 spiro atoms. The van der Waals surface area contributed by atoms with E-state index < -0.39 is 23.6 Å². The lowest BCUT2D eigenvalue weighted by Crippen LogP contribution is -2.32. The van der Waals surface area contributed by atoms with E-state index in [0.717, 1.165) is 35.4 Å². The summed E-state index contributed by atoms with van der Waals surface area (Å²) in [4.78, 5) is 23.9. The van der Waals surface area contributed by atoms with Gasteiger partial charge in [-0.25, -0.2) is 5.43 Å². The molecule has 10 heteroatoms. The SMILES string of the molecule is CCOc1cc(C=NNC(=O)C(=O)Nc2ccc(C(F)(F)F)cc2)ccc1OCc1cccc(C)c1. The normalized spacial score (nSPS) is 11.2. The maximum Gasteiger partial charge on any atom is 0.416 e. The molecule has 3 aromatic carbocycles. The Morgan fingerprint density at radius 1 is 0.944 bits per heavy atom. The highest BCUT2D eigenvalue weighted by molar-refractivity contribution is 6.39. The van der Waals surface area contributed by atoms with Crippen molar-refractivity contribution >= 4 is 23.7 Å². The molecule has 3 rings (SSSR count). The molecule has 2 N–H and O–H groups in total. The number of ether oxygens (including phenoxy) is 2. The molecule has 0 heterocycles. The maximum absolute atomic E-state index is 12.6. The molecule has 3 aromatic rings. The number of benzene rings is 3. The summed E-state index contributed by atoms with van der Waals surface area (Å²) in [6.07, 6.45) is -3.18. The van der Waals surface area contributed by atoms with Crippen LogP contribution < -0.4 is 20.2 Å². The smallest absolute Gasteiger partial charge is 0.416 e. The molecule has 0 bridgehead atoms. The average molecular weight is 499 g/mol. The van der Waals surface area contributed by atoms with Gasteiger partial charge in [-0.2, -0.15) is 18.3 Å². The molecule has 0 aliphatic carbocycles. The van der Waals surface area contributed by atoms with Gasteiger partial charge >= 0.3 is 18.0 Å². The van der Waals surface area contributed by atoms with E-state index in [2.05, 4.69) is 15.8 Å². The van der Waals surface area contributed by atoms with Crippen LogP contribution in [0, 0.1) is 6.92 Å². The van der Waals surface area contributed by atoms with Crippen LogP contribution in [0.3, 0.4) is 0 Å². The van der Waals surface area contributed by atoms with E-state index in [-0.39, 0.29) is 5.69 Å². The monoisotopic (exact) mass is 499 g/mol.